The van der Waals surface area contributed by atoms with Gasteiger partial charge in [0.1, 0.15) is 0 Å². The van der Waals surface area contributed by atoms with Gasteiger partial charge in [0, 0.05) is 16.7 Å². The van der Waals surface area contributed by atoms with Crippen molar-refractivity contribution < 1.29 is 0 Å². The second-order valence-corrected chi connectivity index (χ2v) is 10.5. The van der Waals surface area contributed by atoms with Crippen molar-refractivity contribution in [1.29, 1.82) is 10.5 Å². The molecule has 7 nitrogen and oxygen atoms in total. The van der Waals surface area contributed by atoms with Crippen molar-refractivity contribution in [2.45, 2.75) is 24.9 Å². The first-order valence-electron chi connectivity index (χ1n) is 14.2. The van der Waals surface area contributed by atoms with Gasteiger partial charge in [-0.15, -0.1) is 11.6 Å². The molecule has 0 saturated carbocycles. The highest BCUT2D eigenvalue weighted by molar-refractivity contribution is 6.17. The summed E-state index contributed by atoms with van der Waals surface area (Å²) in [5, 5.41) is 32.5. The largest absolute Gasteiger partial charge is 0.320 e. The predicted molar refractivity (Wildman–Crippen MR) is 172 cm³/mol. The van der Waals surface area contributed by atoms with E-state index in [1.54, 1.807) is 12.4 Å². The molecule has 6 aromatic rings. The Hall–Kier alpha value is -4.95. The summed E-state index contributed by atoms with van der Waals surface area (Å²) in [5.74, 6) is 0.554. The van der Waals surface area contributed by atoms with Gasteiger partial charge in [-0.05, 0) is 61.8 Å². The van der Waals surface area contributed by atoms with Crippen LogP contribution in [-0.4, -0.2) is 39.0 Å². The first kappa shape index (κ1) is 29.5. The minimum absolute atomic E-state index is 0.0788. The van der Waals surface area contributed by atoms with Crippen LogP contribution in [0.4, 0.5) is 0 Å². The molecule has 0 aliphatic rings. The molecule has 2 heterocycles. The van der Waals surface area contributed by atoms with E-state index in [4.69, 9.17) is 11.6 Å². The summed E-state index contributed by atoms with van der Waals surface area (Å²) in [6, 6.07) is 36.7. The minimum atomic E-state index is 0.0788. The zero-order valence-electron chi connectivity index (χ0n) is 23.9. The topological polar surface area (TPSA) is 95.2 Å². The second-order valence-electron chi connectivity index (χ2n) is 10.1. The molecular weight excluding hydrogens is 554 g/mol. The summed E-state index contributed by atoms with van der Waals surface area (Å²) in [6.07, 6.45) is 5.29. The molecule has 2 atom stereocenters. The molecular formula is C35H32ClN7. The monoisotopic (exact) mass is 585 g/mol. The van der Waals surface area contributed by atoms with E-state index < -0.39 is 0 Å². The predicted octanol–water partition coefficient (Wildman–Crippen LogP) is 7.23. The summed E-state index contributed by atoms with van der Waals surface area (Å²) < 4.78 is 4.00. The number of nitrogens with one attached hydrogen (secondary N) is 1. The average molecular weight is 586 g/mol. The first-order chi connectivity index (χ1) is 21.2. The van der Waals surface area contributed by atoms with Crippen molar-refractivity contribution in [1.82, 2.24) is 24.9 Å². The van der Waals surface area contributed by atoms with Crippen LogP contribution in [0.25, 0.3) is 21.8 Å². The van der Waals surface area contributed by atoms with E-state index in [2.05, 4.69) is 51.9 Å². The molecule has 214 valence electrons. The Morgan fingerprint density at radius 3 is 1.56 bits per heavy atom. The van der Waals surface area contributed by atoms with Gasteiger partial charge in [-0.2, -0.15) is 20.7 Å². The number of fused-ring (bicyclic) bond motifs is 2. The van der Waals surface area contributed by atoms with Crippen LogP contribution in [-0.2, 0) is 0 Å². The standard InChI is InChI=1S/C18H18N4.C17H14ClN3/c1-20-11-10-17(14-6-3-2-4-7-14)22-18-9-5-8-15(12-19)16(18)13-21-22;18-10-9-16(13-5-2-1-3-6-13)21-17-8-4-7-14(11-19)15(17)12-20-21/h2-9,13,17,20H,10-11H2,1H3;1-8,12,16H,9-10H2. The zero-order chi connectivity index (χ0) is 30.0. The lowest BCUT2D eigenvalue weighted by Crippen LogP contribution is -2.18. The van der Waals surface area contributed by atoms with Crippen molar-refractivity contribution >= 4 is 33.4 Å². The molecule has 4 aromatic carbocycles. The maximum Gasteiger partial charge on any atom is 0.0999 e. The van der Waals surface area contributed by atoms with E-state index in [1.807, 2.05) is 89.2 Å². The molecule has 0 saturated heterocycles. The summed E-state index contributed by atoms with van der Waals surface area (Å²) in [5.41, 5.74) is 5.69. The molecule has 0 spiro atoms. The zero-order valence-corrected chi connectivity index (χ0v) is 24.7. The number of hydrogen-bond donors (Lipinski definition) is 1. The fourth-order valence-electron chi connectivity index (χ4n) is 5.43. The number of aromatic nitrogens is 4. The molecule has 43 heavy (non-hydrogen) atoms. The lowest BCUT2D eigenvalue weighted by Gasteiger charge is -2.19. The second kappa shape index (κ2) is 14.3. The molecule has 0 radical (unpaired) electrons. The van der Waals surface area contributed by atoms with Crippen LogP contribution in [0.2, 0.25) is 0 Å². The fraction of sp³-hybridized carbons (Fsp3) is 0.200. The van der Waals surface area contributed by atoms with Gasteiger partial charge >= 0.3 is 0 Å². The van der Waals surface area contributed by atoms with E-state index in [1.165, 1.54) is 11.1 Å². The van der Waals surface area contributed by atoms with Crippen LogP contribution >= 0.6 is 11.6 Å². The molecule has 2 aromatic heterocycles. The molecule has 0 fully saturated rings. The lowest BCUT2D eigenvalue weighted by atomic mass is 10.0. The number of nitrogens with zero attached hydrogens (tertiary/aromatic N) is 6. The highest BCUT2D eigenvalue weighted by Gasteiger charge is 2.18. The number of nitriles is 2. The quantitative estimate of drug-likeness (QED) is 0.181. The third-order valence-electron chi connectivity index (χ3n) is 7.53. The third kappa shape index (κ3) is 6.44. The van der Waals surface area contributed by atoms with E-state index in [9.17, 15) is 10.5 Å². The van der Waals surface area contributed by atoms with Gasteiger partial charge in [0.05, 0.1) is 58.8 Å². The molecule has 0 aliphatic carbocycles. The van der Waals surface area contributed by atoms with Gasteiger partial charge in [0.25, 0.3) is 0 Å². The number of rotatable bonds is 9. The van der Waals surface area contributed by atoms with Crippen LogP contribution in [0.15, 0.2) is 109 Å². The molecule has 6 rings (SSSR count). The smallest absolute Gasteiger partial charge is 0.0999 e. The highest BCUT2D eigenvalue weighted by atomic mass is 35.5. The van der Waals surface area contributed by atoms with E-state index in [0.29, 0.717) is 17.0 Å². The van der Waals surface area contributed by atoms with Crippen molar-refractivity contribution in [3.63, 3.8) is 0 Å². The van der Waals surface area contributed by atoms with Crippen LogP contribution in [0.3, 0.4) is 0 Å². The number of alkyl halides is 1. The van der Waals surface area contributed by atoms with Crippen molar-refractivity contribution in [3.8, 4) is 12.1 Å². The summed E-state index contributed by atoms with van der Waals surface area (Å²) >= 11 is 5.98. The maximum atomic E-state index is 9.24. The average Bonchev–Trinajstić information content (AvgIpc) is 3.70. The van der Waals surface area contributed by atoms with Gasteiger partial charge in [-0.3, -0.25) is 9.36 Å². The number of halogens is 1. The van der Waals surface area contributed by atoms with Crippen molar-refractivity contribution in [2.75, 3.05) is 19.5 Å². The Morgan fingerprint density at radius 1 is 0.674 bits per heavy atom. The van der Waals surface area contributed by atoms with Gasteiger partial charge in [0.15, 0.2) is 0 Å². The molecule has 0 amide bonds. The number of hydrogen-bond acceptors (Lipinski definition) is 5. The molecule has 1 N–H and O–H groups in total. The summed E-state index contributed by atoms with van der Waals surface area (Å²) in [7, 11) is 1.96. The van der Waals surface area contributed by atoms with Gasteiger partial charge in [-0.1, -0.05) is 72.8 Å². The molecule has 8 heteroatoms. The number of benzene rings is 4. The Bertz CT molecular complexity index is 1860. The maximum absolute atomic E-state index is 9.24. The molecule has 2 unspecified atom stereocenters. The first-order valence-corrected chi connectivity index (χ1v) is 14.8. The van der Waals surface area contributed by atoms with Crippen LogP contribution in [0, 0.1) is 22.7 Å². The van der Waals surface area contributed by atoms with Crippen molar-refractivity contribution in [2.24, 2.45) is 0 Å². The lowest BCUT2D eigenvalue weighted by molar-refractivity contribution is 0.494. The normalized spacial score (nSPS) is 12.2. The summed E-state index contributed by atoms with van der Waals surface area (Å²) in [4.78, 5) is 0. The van der Waals surface area contributed by atoms with E-state index in [0.717, 1.165) is 41.2 Å². The van der Waals surface area contributed by atoms with Gasteiger partial charge in [-0.25, -0.2) is 0 Å². The third-order valence-corrected chi connectivity index (χ3v) is 7.75. The Balaban J connectivity index is 0.000000171. The van der Waals surface area contributed by atoms with Crippen molar-refractivity contribution in [3.05, 3.63) is 132 Å². The van der Waals surface area contributed by atoms with E-state index >= 15 is 0 Å². The summed E-state index contributed by atoms with van der Waals surface area (Å²) in [6.45, 7) is 0.902. The van der Waals surface area contributed by atoms with Crippen LogP contribution < -0.4 is 5.32 Å². The molecule has 0 aliphatic heterocycles. The fourth-order valence-corrected chi connectivity index (χ4v) is 5.63. The van der Waals surface area contributed by atoms with Gasteiger partial charge in [0.2, 0.25) is 0 Å². The Labute approximate surface area is 256 Å². The highest BCUT2D eigenvalue weighted by Crippen LogP contribution is 2.29. The van der Waals surface area contributed by atoms with Gasteiger partial charge < -0.3 is 5.32 Å². The van der Waals surface area contributed by atoms with Crippen LogP contribution in [0.1, 0.15) is 47.2 Å². The Kier molecular flexibility index (Phi) is 9.82. The molecule has 0 bridgehead atoms. The van der Waals surface area contributed by atoms with E-state index in [-0.39, 0.29) is 12.1 Å². The minimum Gasteiger partial charge on any atom is -0.320 e. The SMILES string of the molecule is CNCCC(c1ccccc1)n1ncc2c(C#N)cccc21.N#Cc1cccc2c1cnn2C(CCCl)c1ccccc1. The van der Waals surface area contributed by atoms with Crippen LogP contribution in [0.5, 0.6) is 0 Å². The Morgan fingerprint density at radius 2 is 1.14 bits per heavy atom.